The first kappa shape index (κ1) is 10.7. The maximum absolute atomic E-state index is 5.35. The molecule has 2 heteroatoms. The summed E-state index contributed by atoms with van der Waals surface area (Å²) in [5, 5.41) is 4.37. The van der Waals surface area contributed by atoms with Gasteiger partial charge in [0.1, 0.15) is 0 Å². The summed E-state index contributed by atoms with van der Waals surface area (Å²) in [5.74, 6) is 2.69. The quantitative estimate of drug-likeness (QED) is 0.787. The van der Waals surface area contributed by atoms with Gasteiger partial charge in [-0.25, -0.2) is 0 Å². The third kappa shape index (κ3) is 2.05. The first-order chi connectivity index (χ1) is 7.85. The van der Waals surface area contributed by atoms with Crippen LogP contribution in [0.2, 0.25) is 0 Å². The van der Waals surface area contributed by atoms with E-state index < -0.39 is 0 Å². The highest BCUT2D eigenvalue weighted by molar-refractivity contribution is 5.79. The second-order valence-electron chi connectivity index (χ2n) is 3.71. The average Bonchev–Trinajstić information content (AvgIpc) is 2.35. The molecule has 0 fully saturated rings. The molecule has 80 valence electrons. The van der Waals surface area contributed by atoms with Crippen LogP contribution >= 0.6 is 0 Å². The van der Waals surface area contributed by atoms with Gasteiger partial charge in [-0.15, -0.1) is 12.3 Å². The fourth-order valence-corrected chi connectivity index (χ4v) is 1.82. The van der Waals surface area contributed by atoms with E-state index in [4.69, 9.17) is 6.42 Å². The highest BCUT2D eigenvalue weighted by Gasteiger charge is 2.07. The van der Waals surface area contributed by atoms with Crippen molar-refractivity contribution in [1.82, 2.24) is 10.3 Å². The molecule has 0 aliphatic carbocycles. The molecule has 2 rings (SSSR count). The van der Waals surface area contributed by atoms with Crippen LogP contribution in [0.25, 0.3) is 10.9 Å². The average molecular weight is 210 g/mol. The van der Waals surface area contributed by atoms with E-state index in [0.29, 0.717) is 6.42 Å². The molecular weight excluding hydrogens is 196 g/mol. The van der Waals surface area contributed by atoms with Crippen LogP contribution in [0.3, 0.4) is 0 Å². The maximum atomic E-state index is 5.35. The zero-order valence-electron chi connectivity index (χ0n) is 9.27. The Kier molecular flexibility index (Phi) is 3.19. The molecule has 1 aromatic heterocycles. The van der Waals surface area contributed by atoms with Gasteiger partial charge in [-0.3, -0.25) is 4.98 Å². The number of aromatic nitrogens is 1. The lowest BCUT2D eigenvalue weighted by molar-refractivity contribution is 0.612. The minimum atomic E-state index is 0.217. The number of terminal acetylenes is 1. The highest BCUT2D eigenvalue weighted by atomic mass is 14.9. The fraction of sp³-hybridized carbons (Fsp3) is 0.214. The van der Waals surface area contributed by atoms with E-state index >= 15 is 0 Å². The molecule has 0 radical (unpaired) electrons. The predicted molar refractivity (Wildman–Crippen MR) is 67.0 cm³/mol. The van der Waals surface area contributed by atoms with Crippen LogP contribution in [0.1, 0.15) is 18.0 Å². The predicted octanol–water partition coefficient (Wildman–Crippen LogP) is 2.52. The van der Waals surface area contributed by atoms with Gasteiger partial charge in [-0.1, -0.05) is 12.1 Å². The molecule has 1 heterocycles. The van der Waals surface area contributed by atoms with Crippen molar-refractivity contribution in [2.75, 3.05) is 7.05 Å². The topological polar surface area (TPSA) is 24.9 Å². The molecule has 1 N–H and O–H groups in total. The Morgan fingerprint density at radius 2 is 2.31 bits per heavy atom. The first-order valence-electron chi connectivity index (χ1n) is 5.30. The number of nitrogens with zero attached hydrogens (tertiary/aromatic N) is 1. The summed E-state index contributed by atoms with van der Waals surface area (Å²) in [5.41, 5.74) is 2.22. The molecule has 1 atom stereocenters. The number of hydrogen-bond acceptors (Lipinski definition) is 2. The van der Waals surface area contributed by atoms with Crippen molar-refractivity contribution in [3.8, 4) is 12.3 Å². The monoisotopic (exact) mass is 210 g/mol. The van der Waals surface area contributed by atoms with Crippen LogP contribution in [-0.2, 0) is 0 Å². The van der Waals surface area contributed by atoms with Crippen LogP contribution in [0.5, 0.6) is 0 Å². The minimum Gasteiger partial charge on any atom is -0.312 e. The second-order valence-corrected chi connectivity index (χ2v) is 3.71. The SMILES string of the molecule is C#CCC(NC)c1ccc2ncccc2c1. The number of nitrogens with one attached hydrogen (secondary N) is 1. The Morgan fingerprint density at radius 1 is 1.44 bits per heavy atom. The van der Waals surface area contributed by atoms with E-state index in [-0.39, 0.29) is 6.04 Å². The van der Waals surface area contributed by atoms with Crippen molar-refractivity contribution in [3.63, 3.8) is 0 Å². The van der Waals surface area contributed by atoms with Gasteiger partial charge >= 0.3 is 0 Å². The van der Waals surface area contributed by atoms with Crippen LogP contribution < -0.4 is 5.32 Å². The number of fused-ring (bicyclic) bond motifs is 1. The zero-order chi connectivity index (χ0) is 11.4. The molecule has 0 aliphatic heterocycles. The van der Waals surface area contributed by atoms with E-state index in [1.165, 1.54) is 5.56 Å². The Labute approximate surface area is 95.7 Å². The Hall–Kier alpha value is -1.85. The number of benzene rings is 1. The van der Waals surface area contributed by atoms with Crippen LogP contribution in [0.4, 0.5) is 0 Å². The summed E-state index contributed by atoms with van der Waals surface area (Å²) >= 11 is 0. The molecule has 16 heavy (non-hydrogen) atoms. The third-order valence-electron chi connectivity index (χ3n) is 2.70. The number of rotatable bonds is 3. The van der Waals surface area contributed by atoms with Crippen LogP contribution in [0, 0.1) is 12.3 Å². The molecule has 0 aliphatic rings. The van der Waals surface area contributed by atoms with E-state index in [1.807, 2.05) is 19.2 Å². The molecule has 1 unspecified atom stereocenters. The van der Waals surface area contributed by atoms with E-state index in [9.17, 15) is 0 Å². The third-order valence-corrected chi connectivity index (χ3v) is 2.70. The fourth-order valence-electron chi connectivity index (χ4n) is 1.82. The minimum absolute atomic E-state index is 0.217. The molecule has 0 amide bonds. The molecule has 2 nitrogen and oxygen atoms in total. The number of pyridine rings is 1. The lowest BCUT2D eigenvalue weighted by Gasteiger charge is -2.14. The van der Waals surface area contributed by atoms with Crippen molar-refractivity contribution in [2.24, 2.45) is 0 Å². The van der Waals surface area contributed by atoms with Gasteiger partial charge in [0.05, 0.1) is 5.52 Å². The molecule has 0 saturated heterocycles. The van der Waals surface area contributed by atoms with Gasteiger partial charge in [-0.05, 0) is 30.8 Å². The largest absolute Gasteiger partial charge is 0.312 e. The molecule has 1 aromatic carbocycles. The van der Waals surface area contributed by atoms with Crippen LogP contribution in [0.15, 0.2) is 36.5 Å². The lowest BCUT2D eigenvalue weighted by Crippen LogP contribution is -2.15. The Morgan fingerprint density at radius 3 is 3.06 bits per heavy atom. The van der Waals surface area contributed by atoms with E-state index in [0.717, 1.165) is 10.9 Å². The number of hydrogen-bond donors (Lipinski definition) is 1. The van der Waals surface area contributed by atoms with Crippen molar-refractivity contribution < 1.29 is 0 Å². The normalized spacial score (nSPS) is 12.2. The van der Waals surface area contributed by atoms with E-state index in [2.05, 4.69) is 34.4 Å². The highest BCUT2D eigenvalue weighted by Crippen LogP contribution is 2.20. The van der Waals surface area contributed by atoms with Crippen molar-refractivity contribution in [3.05, 3.63) is 42.1 Å². The first-order valence-corrected chi connectivity index (χ1v) is 5.30. The lowest BCUT2D eigenvalue weighted by atomic mass is 10.0. The van der Waals surface area contributed by atoms with Crippen molar-refractivity contribution in [2.45, 2.75) is 12.5 Å². The van der Waals surface area contributed by atoms with Gasteiger partial charge in [0.2, 0.25) is 0 Å². The zero-order valence-corrected chi connectivity index (χ0v) is 9.27. The van der Waals surface area contributed by atoms with Crippen molar-refractivity contribution >= 4 is 10.9 Å². The van der Waals surface area contributed by atoms with Crippen molar-refractivity contribution in [1.29, 1.82) is 0 Å². The Balaban J connectivity index is 2.42. The standard InChI is InChI=1S/C14H14N2/c1-3-5-13(15-2)12-7-8-14-11(10-12)6-4-9-16-14/h1,4,6-10,13,15H,5H2,2H3. The van der Waals surface area contributed by atoms with Crippen LogP contribution in [-0.4, -0.2) is 12.0 Å². The molecule has 2 aromatic rings. The molecule has 0 saturated carbocycles. The van der Waals surface area contributed by atoms with Gasteiger partial charge in [-0.2, -0.15) is 0 Å². The summed E-state index contributed by atoms with van der Waals surface area (Å²) < 4.78 is 0. The van der Waals surface area contributed by atoms with Gasteiger partial charge < -0.3 is 5.32 Å². The molecule has 0 spiro atoms. The molecular formula is C14H14N2. The summed E-state index contributed by atoms with van der Waals surface area (Å²) in [6.45, 7) is 0. The maximum Gasteiger partial charge on any atom is 0.0702 e. The summed E-state index contributed by atoms with van der Waals surface area (Å²) in [4.78, 5) is 4.29. The van der Waals surface area contributed by atoms with Gasteiger partial charge in [0, 0.05) is 24.0 Å². The van der Waals surface area contributed by atoms with Gasteiger partial charge in [0.25, 0.3) is 0 Å². The summed E-state index contributed by atoms with van der Waals surface area (Å²) in [6, 6.07) is 10.5. The van der Waals surface area contributed by atoms with E-state index in [1.54, 1.807) is 6.20 Å². The molecule has 0 bridgehead atoms. The smallest absolute Gasteiger partial charge is 0.0702 e. The summed E-state index contributed by atoms with van der Waals surface area (Å²) in [7, 11) is 1.93. The van der Waals surface area contributed by atoms with Gasteiger partial charge in [0.15, 0.2) is 0 Å². The Bertz CT molecular complexity index is 525. The second kappa shape index (κ2) is 4.78. The summed E-state index contributed by atoms with van der Waals surface area (Å²) in [6.07, 6.45) is 7.85.